The van der Waals surface area contributed by atoms with Crippen LogP contribution in [0.25, 0.3) is 0 Å². The number of ether oxygens (including phenoxy) is 1. The summed E-state index contributed by atoms with van der Waals surface area (Å²) in [7, 11) is 0. The summed E-state index contributed by atoms with van der Waals surface area (Å²) in [6.45, 7) is 2.57. The maximum absolute atomic E-state index is 12.3. The van der Waals surface area contributed by atoms with Gasteiger partial charge < -0.3 is 15.0 Å². The molecule has 23 heavy (non-hydrogen) atoms. The number of rotatable bonds is 3. The molecule has 2 heterocycles. The highest BCUT2D eigenvalue weighted by molar-refractivity contribution is 6.04. The van der Waals surface area contributed by atoms with E-state index in [0.717, 1.165) is 0 Å². The topological polar surface area (TPSA) is 91.1 Å². The molecule has 0 aliphatic carbocycles. The van der Waals surface area contributed by atoms with Gasteiger partial charge in [0.25, 0.3) is 5.91 Å². The van der Waals surface area contributed by atoms with Gasteiger partial charge in [0.15, 0.2) is 5.82 Å². The number of morpholine rings is 1. The first-order valence-electron chi connectivity index (χ1n) is 7.24. The SMILES string of the molecule is N#Cc1cnc(N2CCOCC2)nc1NC(=O)c1ccccc1. The van der Waals surface area contributed by atoms with Gasteiger partial charge in [0.2, 0.25) is 5.95 Å². The van der Waals surface area contributed by atoms with Crippen molar-refractivity contribution in [3.05, 3.63) is 47.7 Å². The van der Waals surface area contributed by atoms with Crippen molar-refractivity contribution < 1.29 is 9.53 Å². The van der Waals surface area contributed by atoms with E-state index in [1.807, 2.05) is 17.0 Å². The molecule has 0 unspecified atom stereocenters. The number of aromatic nitrogens is 2. The van der Waals surface area contributed by atoms with Crippen LogP contribution in [0.1, 0.15) is 15.9 Å². The van der Waals surface area contributed by atoms with Crippen LogP contribution in [0.2, 0.25) is 0 Å². The van der Waals surface area contributed by atoms with Gasteiger partial charge in [-0.1, -0.05) is 18.2 Å². The zero-order valence-electron chi connectivity index (χ0n) is 12.4. The van der Waals surface area contributed by atoms with Crippen molar-refractivity contribution in [2.75, 3.05) is 36.5 Å². The third-order valence-corrected chi connectivity index (χ3v) is 3.46. The molecule has 0 bridgehead atoms. The van der Waals surface area contributed by atoms with Crippen LogP contribution >= 0.6 is 0 Å². The summed E-state index contributed by atoms with van der Waals surface area (Å²) in [5.41, 5.74) is 0.731. The van der Waals surface area contributed by atoms with Gasteiger partial charge in [-0.25, -0.2) is 4.98 Å². The van der Waals surface area contributed by atoms with Gasteiger partial charge >= 0.3 is 0 Å². The van der Waals surface area contributed by atoms with Crippen molar-refractivity contribution in [1.82, 2.24) is 9.97 Å². The maximum Gasteiger partial charge on any atom is 0.256 e. The molecular weight excluding hydrogens is 294 g/mol. The van der Waals surface area contributed by atoms with Crippen LogP contribution in [-0.4, -0.2) is 42.2 Å². The quantitative estimate of drug-likeness (QED) is 0.922. The van der Waals surface area contributed by atoms with E-state index < -0.39 is 0 Å². The predicted octanol–water partition coefficient (Wildman–Crippen LogP) is 1.44. The lowest BCUT2D eigenvalue weighted by molar-refractivity contribution is 0.102. The number of nitrogens with one attached hydrogen (secondary N) is 1. The molecule has 1 aromatic heterocycles. The molecule has 0 atom stereocenters. The summed E-state index contributed by atoms with van der Waals surface area (Å²) in [5.74, 6) is 0.391. The predicted molar refractivity (Wildman–Crippen MR) is 84.2 cm³/mol. The highest BCUT2D eigenvalue weighted by Crippen LogP contribution is 2.17. The van der Waals surface area contributed by atoms with Crippen LogP contribution in [-0.2, 0) is 4.74 Å². The van der Waals surface area contributed by atoms with E-state index in [9.17, 15) is 10.1 Å². The molecule has 0 radical (unpaired) electrons. The largest absolute Gasteiger partial charge is 0.378 e. The number of benzene rings is 1. The number of hydrogen-bond donors (Lipinski definition) is 1. The fourth-order valence-corrected chi connectivity index (χ4v) is 2.23. The molecule has 1 amide bonds. The van der Waals surface area contributed by atoms with Crippen molar-refractivity contribution >= 4 is 17.7 Å². The fourth-order valence-electron chi connectivity index (χ4n) is 2.23. The van der Waals surface area contributed by atoms with Crippen LogP contribution in [0.5, 0.6) is 0 Å². The lowest BCUT2D eigenvalue weighted by Gasteiger charge is -2.26. The second-order valence-corrected chi connectivity index (χ2v) is 4.96. The number of carbonyl (C=O) groups excluding carboxylic acids is 1. The van der Waals surface area contributed by atoms with E-state index in [1.54, 1.807) is 24.3 Å². The Balaban J connectivity index is 1.85. The molecule has 1 aliphatic rings. The number of nitrogens with zero attached hydrogens (tertiary/aromatic N) is 4. The fraction of sp³-hybridized carbons (Fsp3) is 0.250. The number of anilines is 2. The minimum atomic E-state index is -0.311. The van der Waals surface area contributed by atoms with Crippen LogP contribution in [0.3, 0.4) is 0 Å². The van der Waals surface area contributed by atoms with E-state index in [-0.39, 0.29) is 17.3 Å². The molecular formula is C16H15N5O2. The Hall–Kier alpha value is -2.98. The summed E-state index contributed by atoms with van der Waals surface area (Å²) in [5, 5.41) is 11.9. The van der Waals surface area contributed by atoms with Crippen molar-refractivity contribution in [2.24, 2.45) is 0 Å². The number of nitriles is 1. The van der Waals surface area contributed by atoms with Gasteiger partial charge in [0, 0.05) is 18.7 Å². The first kappa shape index (κ1) is 14.9. The Bertz CT molecular complexity index is 736. The standard InChI is InChI=1S/C16H15N5O2/c17-10-13-11-18-16(21-6-8-23-9-7-21)20-14(13)19-15(22)12-4-2-1-3-5-12/h1-5,11H,6-9H2,(H,18,19,20,22). The third-order valence-electron chi connectivity index (χ3n) is 3.46. The van der Waals surface area contributed by atoms with Crippen molar-refractivity contribution in [3.63, 3.8) is 0 Å². The Kier molecular flexibility index (Phi) is 4.45. The smallest absolute Gasteiger partial charge is 0.256 e. The molecule has 0 spiro atoms. The van der Waals surface area contributed by atoms with Gasteiger partial charge in [0.05, 0.1) is 19.4 Å². The Labute approximate surface area is 133 Å². The van der Waals surface area contributed by atoms with Crippen LogP contribution in [0.15, 0.2) is 36.5 Å². The van der Waals surface area contributed by atoms with Crippen LogP contribution in [0, 0.1) is 11.3 Å². The average Bonchev–Trinajstić information content (AvgIpc) is 2.63. The van der Waals surface area contributed by atoms with Crippen LogP contribution in [0.4, 0.5) is 11.8 Å². The monoisotopic (exact) mass is 309 g/mol. The van der Waals surface area contributed by atoms with Gasteiger partial charge in [0.1, 0.15) is 11.6 Å². The van der Waals surface area contributed by atoms with Gasteiger partial charge in [-0.3, -0.25) is 4.79 Å². The maximum atomic E-state index is 12.3. The lowest BCUT2D eigenvalue weighted by Crippen LogP contribution is -2.37. The van der Waals surface area contributed by atoms with E-state index in [0.29, 0.717) is 37.8 Å². The minimum Gasteiger partial charge on any atom is -0.378 e. The molecule has 1 fully saturated rings. The molecule has 1 saturated heterocycles. The normalized spacial score (nSPS) is 14.1. The number of amides is 1. The summed E-state index contributed by atoms with van der Waals surface area (Å²) in [4.78, 5) is 22.8. The average molecular weight is 309 g/mol. The summed E-state index contributed by atoms with van der Waals surface area (Å²) in [6, 6.07) is 10.8. The molecule has 1 aliphatic heterocycles. The summed E-state index contributed by atoms with van der Waals surface area (Å²) < 4.78 is 5.30. The highest BCUT2D eigenvalue weighted by atomic mass is 16.5. The molecule has 2 aromatic rings. The second-order valence-electron chi connectivity index (χ2n) is 4.96. The third kappa shape index (κ3) is 3.44. The van der Waals surface area contributed by atoms with Crippen molar-refractivity contribution in [1.29, 1.82) is 5.26 Å². The zero-order valence-corrected chi connectivity index (χ0v) is 12.4. The zero-order chi connectivity index (χ0) is 16.1. The Morgan fingerprint density at radius 1 is 1.26 bits per heavy atom. The molecule has 0 saturated carbocycles. The van der Waals surface area contributed by atoms with Crippen molar-refractivity contribution in [3.8, 4) is 6.07 Å². The first-order valence-corrected chi connectivity index (χ1v) is 7.24. The van der Waals surface area contributed by atoms with Crippen LogP contribution < -0.4 is 10.2 Å². The number of carbonyl (C=O) groups is 1. The van der Waals surface area contributed by atoms with Gasteiger partial charge in [-0.05, 0) is 12.1 Å². The first-order chi connectivity index (χ1) is 11.3. The van der Waals surface area contributed by atoms with Gasteiger partial charge in [-0.15, -0.1) is 0 Å². The van der Waals surface area contributed by atoms with E-state index in [1.165, 1.54) is 6.20 Å². The van der Waals surface area contributed by atoms with Gasteiger partial charge in [-0.2, -0.15) is 10.2 Å². The molecule has 1 aromatic carbocycles. The minimum absolute atomic E-state index is 0.220. The van der Waals surface area contributed by atoms with Crippen molar-refractivity contribution in [2.45, 2.75) is 0 Å². The van der Waals surface area contributed by atoms with E-state index in [4.69, 9.17) is 4.74 Å². The summed E-state index contributed by atoms with van der Waals surface area (Å²) >= 11 is 0. The molecule has 7 nitrogen and oxygen atoms in total. The molecule has 3 rings (SSSR count). The lowest BCUT2D eigenvalue weighted by atomic mass is 10.2. The number of hydrogen-bond acceptors (Lipinski definition) is 6. The van der Waals surface area contributed by atoms with E-state index in [2.05, 4.69) is 15.3 Å². The Morgan fingerprint density at radius 2 is 2.00 bits per heavy atom. The second kappa shape index (κ2) is 6.85. The van der Waals surface area contributed by atoms with E-state index >= 15 is 0 Å². The summed E-state index contributed by atoms with van der Waals surface area (Å²) in [6.07, 6.45) is 1.43. The molecule has 1 N–H and O–H groups in total. The Morgan fingerprint density at radius 3 is 2.70 bits per heavy atom. The highest BCUT2D eigenvalue weighted by Gasteiger charge is 2.17. The molecule has 116 valence electrons. The molecule has 7 heteroatoms.